The van der Waals surface area contributed by atoms with Crippen LogP contribution < -0.4 is 5.32 Å². The molecular weight excluding hydrogens is 334 g/mol. The minimum atomic E-state index is -0.0577. The van der Waals surface area contributed by atoms with Crippen LogP contribution in [0.5, 0.6) is 0 Å². The number of amides is 1. The molecule has 0 aliphatic heterocycles. The highest BCUT2D eigenvalue weighted by atomic mass is 79.9. The number of hydrogen-bond acceptors (Lipinski definition) is 1. The third-order valence-electron chi connectivity index (χ3n) is 2.01. The fourth-order valence-corrected chi connectivity index (χ4v) is 1.99. The quantitative estimate of drug-likeness (QED) is 0.650. The molecule has 2 nitrogen and oxygen atoms in total. The van der Waals surface area contributed by atoms with Gasteiger partial charge >= 0.3 is 0 Å². The monoisotopic (exact) mass is 345 g/mol. The number of carbonyl (C=O) groups excluding carboxylic acids is 1. The van der Waals surface area contributed by atoms with Crippen molar-refractivity contribution in [1.82, 2.24) is 5.32 Å². The van der Waals surface area contributed by atoms with E-state index in [1.165, 1.54) is 0 Å². The lowest BCUT2D eigenvalue weighted by molar-refractivity contribution is 0.0953. The van der Waals surface area contributed by atoms with Crippen molar-refractivity contribution >= 4 is 37.8 Å². The highest BCUT2D eigenvalue weighted by molar-refractivity contribution is 9.11. The van der Waals surface area contributed by atoms with Crippen molar-refractivity contribution in [2.24, 2.45) is 0 Å². The second kappa shape index (κ2) is 6.86. The van der Waals surface area contributed by atoms with Gasteiger partial charge in [-0.2, -0.15) is 0 Å². The number of halogens is 2. The molecule has 0 fully saturated rings. The minimum absolute atomic E-state index is 0.0577. The van der Waals surface area contributed by atoms with Gasteiger partial charge in [-0.05, 0) is 47.5 Å². The van der Waals surface area contributed by atoms with Crippen LogP contribution in [0.2, 0.25) is 0 Å². The summed E-state index contributed by atoms with van der Waals surface area (Å²) in [6.45, 7) is 2.62. The fourth-order valence-electron chi connectivity index (χ4n) is 1.20. The van der Waals surface area contributed by atoms with Crippen LogP contribution in [0.25, 0.3) is 0 Å². The number of nitrogens with one attached hydrogen (secondary N) is 1. The first-order chi connectivity index (χ1) is 7.65. The Labute approximate surface area is 112 Å². The maximum atomic E-state index is 11.8. The third-order valence-corrected chi connectivity index (χ3v) is 3.19. The third kappa shape index (κ3) is 4.10. The summed E-state index contributed by atoms with van der Waals surface area (Å²) in [7, 11) is 0. The first-order valence-corrected chi connectivity index (χ1v) is 6.58. The van der Waals surface area contributed by atoms with E-state index in [0.717, 1.165) is 15.4 Å². The number of hydrogen-bond donors (Lipinski definition) is 1. The molecule has 0 atom stereocenters. The van der Waals surface area contributed by atoms with Gasteiger partial charge in [0.15, 0.2) is 0 Å². The van der Waals surface area contributed by atoms with Crippen molar-refractivity contribution in [3.63, 3.8) is 0 Å². The largest absolute Gasteiger partial charge is 0.352 e. The van der Waals surface area contributed by atoms with Gasteiger partial charge in [0.1, 0.15) is 0 Å². The molecule has 0 heterocycles. The number of carbonyl (C=O) groups is 1. The van der Waals surface area contributed by atoms with Gasteiger partial charge in [0.05, 0.1) is 5.56 Å². The standard InChI is InChI=1S/C12H13Br2NO/c1-2-3-4-7-15-12(16)10-8-9(13)5-6-11(10)14/h2-3,5-6,8H,4,7H2,1H3,(H,15,16)/b3-2+. The van der Waals surface area contributed by atoms with Crippen molar-refractivity contribution in [3.05, 3.63) is 44.9 Å². The predicted octanol–water partition coefficient (Wildman–Crippen LogP) is 3.91. The van der Waals surface area contributed by atoms with E-state index in [2.05, 4.69) is 37.2 Å². The fraction of sp³-hybridized carbons (Fsp3) is 0.250. The van der Waals surface area contributed by atoms with E-state index >= 15 is 0 Å². The van der Waals surface area contributed by atoms with Gasteiger partial charge in [-0.1, -0.05) is 28.1 Å². The molecule has 1 aromatic carbocycles. The van der Waals surface area contributed by atoms with Crippen molar-refractivity contribution in [3.8, 4) is 0 Å². The molecule has 0 aliphatic rings. The van der Waals surface area contributed by atoms with Crippen LogP contribution in [0.4, 0.5) is 0 Å². The Bertz CT molecular complexity index is 402. The summed E-state index contributed by atoms with van der Waals surface area (Å²) in [5.41, 5.74) is 0.648. The average Bonchev–Trinajstić information content (AvgIpc) is 2.27. The molecule has 0 bridgehead atoms. The Morgan fingerprint density at radius 3 is 2.88 bits per heavy atom. The first-order valence-electron chi connectivity index (χ1n) is 4.99. The Balaban J connectivity index is 2.62. The summed E-state index contributed by atoms with van der Waals surface area (Å²) in [6.07, 6.45) is 4.85. The summed E-state index contributed by atoms with van der Waals surface area (Å²) in [6, 6.07) is 5.54. The van der Waals surface area contributed by atoms with Gasteiger partial charge in [0.25, 0.3) is 5.91 Å². The Morgan fingerprint density at radius 1 is 1.44 bits per heavy atom. The average molecular weight is 347 g/mol. The molecule has 86 valence electrons. The maximum absolute atomic E-state index is 11.8. The molecule has 0 unspecified atom stereocenters. The lowest BCUT2D eigenvalue weighted by atomic mass is 10.2. The molecule has 16 heavy (non-hydrogen) atoms. The topological polar surface area (TPSA) is 29.1 Å². The van der Waals surface area contributed by atoms with E-state index in [4.69, 9.17) is 0 Å². The molecule has 0 saturated carbocycles. The molecule has 0 radical (unpaired) electrons. The van der Waals surface area contributed by atoms with Crippen LogP contribution in [-0.4, -0.2) is 12.5 Å². The summed E-state index contributed by atoms with van der Waals surface area (Å²) < 4.78 is 1.70. The smallest absolute Gasteiger partial charge is 0.252 e. The highest BCUT2D eigenvalue weighted by Gasteiger charge is 2.09. The van der Waals surface area contributed by atoms with Gasteiger partial charge in [0.2, 0.25) is 0 Å². The first kappa shape index (κ1) is 13.5. The maximum Gasteiger partial charge on any atom is 0.252 e. The van der Waals surface area contributed by atoms with Crippen molar-refractivity contribution in [2.75, 3.05) is 6.54 Å². The van der Waals surface area contributed by atoms with E-state index in [9.17, 15) is 4.79 Å². The van der Waals surface area contributed by atoms with E-state index in [1.54, 1.807) is 6.07 Å². The van der Waals surface area contributed by atoms with E-state index in [0.29, 0.717) is 12.1 Å². The van der Waals surface area contributed by atoms with Crippen molar-refractivity contribution in [2.45, 2.75) is 13.3 Å². The second-order valence-corrected chi connectivity index (χ2v) is 5.01. The zero-order valence-electron chi connectivity index (χ0n) is 8.97. The van der Waals surface area contributed by atoms with Gasteiger partial charge in [0, 0.05) is 15.5 Å². The SMILES string of the molecule is C/C=C/CCNC(=O)c1cc(Br)ccc1Br. The Morgan fingerprint density at radius 2 is 2.19 bits per heavy atom. The molecule has 1 N–H and O–H groups in total. The summed E-state index contributed by atoms with van der Waals surface area (Å²) in [5, 5.41) is 2.86. The van der Waals surface area contributed by atoms with Crippen LogP contribution >= 0.6 is 31.9 Å². The van der Waals surface area contributed by atoms with Crippen LogP contribution in [0.15, 0.2) is 39.3 Å². The van der Waals surface area contributed by atoms with Crippen LogP contribution in [-0.2, 0) is 0 Å². The lowest BCUT2D eigenvalue weighted by Gasteiger charge is -2.06. The van der Waals surface area contributed by atoms with E-state index in [1.807, 2.05) is 31.2 Å². The van der Waals surface area contributed by atoms with Gasteiger partial charge in [-0.25, -0.2) is 0 Å². The van der Waals surface area contributed by atoms with Crippen LogP contribution in [0.3, 0.4) is 0 Å². The zero-order chi connectivity index (χ0) is 12.0. The molecule has 0 aliphatic carbocycles. The number of rotatable bonds is 4. The van der Waals surface area contributed by atoms with Crippen molar-refractivity contribution < 1.29 is 4.79 Å². The highest BCUT2D eigenvalue weighted by Crippen LogP contribution is 2.21. The second-order valence-electron chi connectivity index (χ2n) is 3.24. The van der Waals surface area contributed by atoms with Crippen molar-refractivity contribution in [1.29, 1.82) is 0 Å². The van der Waals surface area contributed by atoms with Gasteiger partial charge in [-0.15, -0.1) is 0 Å². The number of benzene rings is 1. The van der Waals surface area contributed by atoms with Gasteiger partial charge < -0.3 is 5.32 Å². The van der Waals surface area contributed by atoms with Crippen LogP contribution in [0.1, 0.15) is 23.7 Å². The Kier molecular flexibility index (Phi) is 5.77. The van der Waals surface area contributed by atoms with Crippen LogP contribution in [0, 0.1) is 0 Å². The predicted molar refractivity (Wildman–Crippen MR) is 73.6 cm³/mol. The normalized spacial score (nSPS) is 10.7. The molecule has 0 spiro atoms. The molecule has 4 heteroatoms. The molecule has 1 amide bonds. The summed E-state index contributed by atoms with van der Waals surface area (Å²) >= 11 is 6.70. The molecule has 0 aromatic heterocycles. The molecule has 1 rings (SSSR count). The number of allylic oxidation sites excluding steroid dienone is 1. The summed E-state index contributed by atoms with van der Waals surface area (Å²) in [5.74, 6) is -0.0577. The Hall–Kier alpha value is -0.610. The van der Waals surface area contributed by atoms with Gasteiger partial charge in [-0.3, -0.25) is 4.79 Å². The molecular formula is C12H13Br2NO. The molecule has 1 aromatic rings. The minimum Gasteiger partial charge on any atom is -0.352 e. The lowest BCUT2D eigenvalue weighted by Crippen LogP contribution is -2.24. The molecule has 0 saturated heterocycles. The summed E-state index contributed by atoms with van der Waals surface area (Å²) in [4.78, 5) is 11.8. The van der Waals surface area contributed by atoms with E-state index in [-0.39, 0.29) is 5.91 Å². The van der Waals surface area contributed by atoms with E-state index < -0.39 is 0 Å². The zero-order valence-corrected chi connectivity index (χ0v) is 12.1.